The van der Waals surface area contributed by atoms with Gasteiger partial charge in [0, 0.05) is 0 Å². The van der Waals surface area contributed by atoms with Gasteiger partial charge in [-0.05, 0) is 24.7 Å². The van der Waals surface area contributed by atoms with Crippen molar-refractivity contribution < 1.29 is 24.1 Å². The standard InChI is InChI=1S/C14H20FNO4/c1-16-9(7-17)12(15)14(18)13(16)8-4-5-10(19-2)11(6-8)20-3/h4-6,9,12-14,17-18H,7H2,1-3H3/t9-,12-,13-,14+/m0/s1. The first kappa shape index (κ1) is 15.0. The molecule has 0 spiro atoms. The number of nitrogens with zero attached hydrogens (tertiary/aromatic N) is 1. The van der Waals surface area contributed by atoms with E-state index in [-0.39, 0.29) is 6.61 Å². The van der Waals surface area contributed by atoms with Gasteiger partial charge in [0.15, 0.2) is 11.5 Å². The lowest BCUT2D eigenvalue weighted by Crippen LogP contribution is -2.34. The fourth-order valence-electron chi connectivity index (χ4n) is 2.77. The van der Waals surface area contributed by atoms with E-state index in [2.05, 4.69) is 0 Å². The molecule has 0 saturated carbocycles. The Kier molecular flexibility index (Phi) is 4.47. The second-order valence-corrected chi connectivity index (χ2v) is 4.91. The molecule has 1 fully saturated rings. The van der Waals surface area contributed by atoms with Crippen molar-refractivity contribution in [1.29, 1.82) is 0 Å². The summed E-state index contributed by atoms with van der Waals surface area (Å²) in [5.74, 6) is 1.09. The predicted octanol–water partition coefficient (Wildman–Crippen LogP) is 0.750. The van der Waals surface area contributed by atoms with E-state index in [1.165, 1.54) is 14.2 Å². The minimum atomic E-state index is -1.48. The number of likely N-dealkylation sites (tertiary alicyclic amines) is 1. The van der Waals surface area contributed by atoms with Crippen LogP contribution >= 0.6 is 0 Å². The van der Waals surface area contributed by atoms with Crippen molar-refractivity contribution in [1.82, 2.24) is 4.90 Å². The van der Waals surface area contributed by atoms with Crippen molar-refractivity contribution in [2.75, 3.05) is 27.9 Å². The third kappa shape index (κ3) is 2.34. The molecule has 0 radical (unpaired) electrons. The molecule has 1 aliphatic rings. The average Bonchev–Trinajstić information content (AvgIpc) is 2.68. The Balaban J connectivity index is 2.36. The summed E-state index contributed by atoms with van der Waals surface area (Å²) in [5, 5.41) is 19.3. The number of halogens is 1. The van der Waals surface area contributed by atoms with Gasteiger partial charge in [0.05, 0.1) is 32.9 Å². The third-order valence-electron chi connectivity index (χ3n) is 3.92. The third-order valence-corrected chi connectivity index (χ3v) is 3.92. The molecule has 0 aromatic heterocycles. The van der Waals surface area contributed by atoms with Crippen LogP contribution < -0.4 is 9.47 Å². The molecule has 0 unspecified atom stereocenters. The number of hydrogen-bond acceptors (Lipinski definition) is 5. The minimum Gasteiger partial charge on any atom is -0.493 e. The van der Waals surface area contributed by atoms with Crippen molar-refractivity contribution in [3.63, 3.8) is 0 Å². The first-order valence-corrected chi connectivity index (χ1v) is 6.42. The molecule has 1 aliphatic heterocycles. The van der Waals surface area contributed by atoms with E-state index in [9.17, 15) is 14.6 Å². The van der Waals surface area contributed by atoms with Crippen molar-refractivity contribution in [2.45, 2.75) is 24.4 Å². The number of ether oxygens (including phenoxy) is 2. The molecule has 20 heavy (non-hydrogen) atoms. The highest BCUT2D eigenvalue weighted by molar-refractivity contribution is 5.44. The summed E-state index contributed by atoms with van der Waals surface area (Å²) in [4.78, 5) is 1.65. The molecule has 6 heteroatoms. The molecule has 2 rings (SSSR count). The summed E-state index contributed by atoms with van der Waals surface area (Å²) in [6.45, 7) is -0.335. The number of rotatable bonds is 4. The van der Waals surface area contributed by atoms with E-state index < -0.39 is 24.4 Å². The van der Waals surface area contributed by atoms with Crippen LogP contribution in [0.15, 0.2) is 18.2 Å². The maximum atomic E-state index is 14.0. The van der Waals surface area contributed by atoms with Crippen molar-refractivity contribution in [2.24, 2.45) is 0 Å². The summed E-state index contributed by atoms with van der Waals surface area (Å²) in [5.41, 5.74) is 0.719. The zero-order chi connectivity index (χ0) is 14.9. The number of hydrogen-bond donors (Lipinski definition) is 2. The number of likely N-dealkylation sites (N-methyl/N-ethyl adjacent to an activating group) is 1. The first-order chi connectivity index (χ1) is 9.54. The molecule has 1 aromatic rings. The van der Waals surface area contributed by atoms with Gasteiger partial charge < -0.3 is 19.7 Å². The fraction of sp³-hybridized carbons (Fsp3) is 0.571. The highest BCUT2D eigenvalue weighted by Gasteiger charge is 2.47. The fourth-order valence-corrected chi connectivity index (χ4v) is 2.77. The minimum absolute atomic E-state index is 0.335. The molecular formula is C14H20FNO4. The highest BCUT2D eigenvalue weighted by Crippen LogP contribution is 2.39. The molecule has 1 aromatic carbocycles. The van der Waals surface area contributed by atoms with Gasteiger partial charge in [0.1, 0.15) is 12.3 Å². The Morgan fingerprint density at radius 1 is 1.25 bits per heavy atom. The summed E-state index contributed by atoms with van der Waals surface area (Å²) in [6, 6.07) is 3.97. The molecule has 1 heterocycles. The van der Waals surface area contributed by atoms with E-state index in [0.29, 0.717) is 11.5 Å². The number of aliphatic hydroxyl groups is 2. The zero-order valence-electron chi connectivity index (χ0n) is 11.8. The van der Waals surface area contributed by atoms with Gasteiger partial charge in [-0.1, -0.05) is 6.07 Å². The summed E-state index contributed by atoms with van der Waals surface area (Å²) in [7, 11) is 4.74. The van der Waals surface area contributed by atoms with Crippen LogP contribution in [0, 0.1) is 0 Å². The summed E-state index contributed by atoms with van der Waals surface area (Å²) < 4.78 is 24.4. The molecule has 1 saturated heterocycles. The van der Waals surface area contributed by atoms with Gasteiger partial charge >= 0.3 is 0 Å². The lowest BCUT2D eigenvalue weighted by molar-refractivity contribution is 0.0758. The number of benzene rings is 1. The molecule has 0 bridgehead atoms. The zero-order valence-corrected chi connectivity index (χ0v) is 11.8. The molecule has 2 N–H and O–H groups in total. The average molecular weight is 285 g/mol. The van der Waals surface area contributed by atoms with Gasteiger partial charge in [-0.3, -0.25) is 4.90 Å². The van der Waals surface area contributed by atoms with E-state index in [1.807, 2.05) is 0 Å². The van der Waals surface area contributed by atoms with Crippen LogP contribution in [0.2, 0.25) is 0 Å². The Morgan fingerprint density at radius 3 is 2.40 bits per heavy atom. The maximum Gasteiger partial charge on any atom is 0.161 e. The molecule has 0 aliphatic carbocycles. The topological polar surface area (TPSA) is 62.2 Å². The van der Waals surface area contributed by atoms with Crippen LogP contribution in [0.25, 0.3) is 0 Å². The highest BCUT2D eigenvalue weighted by atomic mass is 19.1. The van der Waals surface area contributed by atoms with E-state index >= 15 is 0 Å². The molecular weight excluding hydrogens is 265 g/mol. The number of aliphatic hydroxyl groups excluding tert-OH is 2. The van der Waals surface area contributed by atoms with Crippen LogP contribution in [0.3, 0.4) is 0 Å². The SMILES string of the molecule is COc1ccc([C@H]2[C@H](O)[C@@H](F)[C@H](CO)N2C)cc1OC. The summed E-state index contributed by atoms with van der Waals surface area (Å²) in [6.07, 6.45) is -2.67. The smallest absolute Gasteiger partial charge is 0.161 e. The van der Waals surface area contributed by atoms with E-state index in [0.717, 1.165) is 5.56 Å². The molecule has 4 atom stereocenters. The van der Waals surface area contributed by atoms with Gasteiger partial charge in [0.2, 0.25) is 0 Å². The van der Waals surface area contributed by atoms with Crippen LogP contribution in [-0.4, -0.2) is 61.3 Å². The Bertz CT molecular complexity index is 470. The van der Waals surface area contributed by atoms with Crippen LogP contribution in [0.4, 0.5) is 4.39 Å². The second-order valence-electron chi connectivity index (χ2n) is 4.91. The second kappa shape index (κ2) is 5.95. The van der Waals surface area contributed by atoms with E-state index in [1.54, 1.807) is 30.1 Å². The first-order valence-electron chi connectivity index (χ1n) is 6.42. The largest absolute Gasteiger partial charge is 0.493 e. The molecule has 112 valence electrons. The van der Waals surface area contributed by atoms with Crippen molar-refractivity contribution in [3.8, 4) is 11.5 Å². The lowest BCUT2D eigenvalue weighted by Gasteiger charge is -2.25. The van der Waals surface area contributed by atoms with Crippen LogP contribution in [-0.2, 0) is 0 Å². The summed E-state index contributed by atoms with van der Waals surface area (Å²) >= 11 is 0. The van der Waals surface area contributed by atoms with Crippen LogP contribution in [0.5, 0.6) is 11.5 Å². The van der Waals surface area contributed by atoms with Crippen molar-refractivity contribution in [3.05, 3.63) is 23.8 Å². The number of alkyl halides is 1. The Hall–Kier alpha value is -1.37. The van der Waals surface area contributed by atoms with Gasteiger partial charge in [0.25, 0.3) is 0 Å². The number of methoxy groups -OCH3 is 2. The Labute approximate surface area is 117 Å². The van der Waals surface area contributed by atoms with Crippen LogP contribution in [0.1, 0.15) is 11.6 Å². The molecule has 0 amide bonds. The molecule has 5 nitrogen and oxygen atoms in total. The van der Waals surface area contributed by atoms with Crippen molar-refractivity contribution >= 4 is 0 Å². The normalized spacial score (nSPS) is 30.5. The van der Waals surface area contributed by atoms with Gasteiger partial charge in [-0.25, -0.2) is 4.39 Å². The van der Waals surface area contributed by atoms with E-state index in [4.69, 9.17) is 9.47 Å². The van der Waals surface area contributed by atoms with Gasteiger partial charge in [-0.15, -0.1) is 0 Å². The Morgan fingerprint density at radius 2 is 1.90 bits per heavy atom. The quantitative estimate of drug-likeness (QED) is 0.855. The van der Waals surface area contributed by atoms with Gasteiger partial charge in [-0.2, -0.15) is 0 Å². The predicted molar refractivity (Wildman–Crippen MR) is 71.8 cm³/mol. The maximum absolute atomic E-state index is 14.0. The monoisotopic (exact) mass is 285 g/mol. The lowest BCUT2D eigenvalue weighted by atomic mass is 10.0.